The Kier molecular flexibility index (Phi) is 7.97. The van der Waals surface area contributed by atoms with Crippen LogP contribution in [0.4, 0.5) is 10.6 Å². The van der Waals surface area contributed by atoms with Gasteiger partial charge in [-0.15, -0.1) is 0 Å². The predicted octanol–water partition coefficient (Wildman–Crippen LogP) is 5.28. The van der Waals surface area contributed by atoms with Crippen molar-refractivity contribution in [2.75, 3.05) is 31.1 Å². The molecule has 0 unspecified atom stereocenters. The Balaban J connectivity index is 1.35. The summed E-state index contributed by atoms with van der Waals surface area (Å²) in [4.78, 5) is 33.9. The third kappa shape index (κ3) is 5.97. The summed E-state index contributed by atoms with van der Waals surface area (Å²) in [7, 11) is 0. The van der Waals surface area contributed by atoms with Gasteiger partial charge in [0.1, 0.15) is 29.3 Å². The fourth-order valence-corrected chi connectivity index (χ4v) is 6.18. The van der Waals surface area contributed by atoms with E-state index in [-0.39, 0.29) is 35.0 Å². The molecule has 0 bridgehead atoms. The fraction of sp³-hybridized carbons (Fsp3) is 0.533. The van der Waals surface area contributed by atoms with Gasteiger partial charge >= 0.3 is 6.09 Å². The largest absolute Gasteiger partial charge is 0.489 e. The maximum absolute atomic E-state index is 13.2. The van der Waals surface area contributed by atoms with E-state index in [0.29, 0.717) is 48.1 Å². The van der Waals surface area contributed by atoms with Crippen LogP contribution in [0.3, 0.4) is 0 Å². The number of carbonyl (C=O) groups excluding carboxylic acids is 2. The van der Waals surface area contributed by atoms with Gasteiger partial charge in [0.25, 0.3) is 5.91 Å². The van der Waals surface area contributed by atoms with Crippen molar-refractivity contribution in [1.82, 2.24) is 15.2 Å². The highest BCUT2D eigenvalue weighted by Crippen LogP contribution is 2.55. The second-order valence-electron chi connectivity index (χ2n) is 12.7. The Morgan fingerprint density at radius 2 is 1.73 bits per heavy atom. The van der Waals surface area contributed by atoms with Gasteiger partial charge in [-0.3, -0.25) is 4.79 Å². The van der Waals surface area contributed by atoms with Crippen LogP contribution in [0.15, 0.2) is 36.5 Å². The summed E-state index contributed by atoms with van der Waals surface area (Å²) in [5, 5.41) is 12.7. The number of rotatable bonds is 5. The van der Waals surface area contributed by atoms with E-state index in [9.17, 15) is 9.59 Å². The quantitative estimate of drug-likeness (QED) is 0.524. The van der Waals surface area contributed by atoms with Crippen molar-refractivity contribution < 1.29 is 19.1 Å². The van der Waals surface area contributed by atoms with Crippen LogP contribution in [0, 0.1) is 22.2 Å². The summed E-state index contributed by atoms with van der Waals surface area (Å²) < 4.78 is 11.8. The maximum Gasteiger partial charge on any atom is 0.410 e. The Bertz CT molecular complexity index is 1290. The van der Waals surface area contributed by atoms with Gasteiger partial charge < -0.3 is 24.6 Å². The minimum absolute atomic E-state index is 0.146. The zero-order valence-electron chi connectivity index (χ0n) is 24.2. The molecule has 1 saturated heterocycles. The average molecular weight is 568 g/mol. The highest BCUT2D eigenvalue weighted by atomic mass is 35.5. The van der Waals surface area contributed by atoms with Crippen LogP contribution in [0.1, 0.15) is 64.4 Å². The first-order chi connectivity index (χ1) is 18.6. The monoisotopic (exact) mass is 567 g/mol. The molecular formula is C30H38ClN5O4. The fourth-order valence-electron chi connectivity index (χ4n) is 5.96. The lowest BCUT2D eigenvalue weighted by Crippen LogP contribution is -2.74. The third-order valence-electron chi connectivity index (χ3n) is 7.70. The molecule has 40 heavy (non-hydrogen) atoms. The van der Waals surface area contributed by atoms with Gasteiger partial charge in [-0.25, -0.2) is 9.78 Å². The van der Waals surface area contributed by atoms with Crippen molar-refractivity contribution in [1.29, 1.82) is 5.26 Å². The number of carbonyl (C=O) groups is 2. The van der Waals surface area contributed by atoms with Gasteiger partial charge in [-0.2, -0.15) is 5.26 Å². The highest BCUT2D eigenvalue weighted by Gasteiger charge is 2.64. The summed E-state index contributed by atoms with van der Waals surface area (Å²) >= 11 is 6.19. The van der Waals surface area contributed by atoms with E-state index in [1.54, 1.807) is 35.4 Å². The van der Waals surface area contributed by atoms with Crippen LogP contribution in [-0.2, 0) is 4.74 Å². The Morgan fingerprint density at radius 1 is 1.07 bits per heavy atom. The molecule has 1 N–H and O–H groups in total. The number of ether oxygens (including phenoxy) is 2. The number of nitrogens with zero attached hydrogens (tertiary/aromatic N) is 4. The molecule has 4 rings (SSSR count). The molecule has 1 aliphatic carbocycles. The minimum atomic E-state index is -0.524. The Morgan fingerprint density at radius 3 is 2.25 bits per heavy atom. The number of hydrogen-bond acceptors (Lipinski definition) is 7. The van der Waals surface area contributed by atoms with E-state index >= 15 is 0 Å². The number of benzene rings is 1. The standard InChI is InChI=1S/C30H38ClN5O4/c1-28(2,3)40-27(38)36-14-12-35(13-15-36)23-11-9-20(18-33-23)24(37)34-25-29(4,5)26(30(25,6)7)39-21-10-8-19(17-32)22(31)16-21/h8-11,16,18,25-26H,12-15H2,1-7H3,(H,34,37)/t25-,26-. The maximum atomic E-state index is 13.2. The molecule has 0 radical (unpaired) electrons. The van der Waals surface area contributed by atoms with Gasteiger partial charge in [-0.05, 0) is 45.0 Å². The normalized spacial score (nSPS) is 21.6. The lowest BCUT2D eigenvalue weighted by Gasteiger charge is -2.63. The first kappa shape index (κ1) is 29.5. The summed E-state index contributed by atoms with van der Waals surface area (Å²) in [5.41, 5.74) is -0.370. The molecule has 9 nitrogen and oxygen atoms in total. The van der Waals surface area contributed by atoms with E-state index in [1.807, 2.05) is 26.8 Å². The molecule has 0 spiro atoms. The molecule has 1 aliphatic heterocycles. The van der Waals surface area contributed by atoms with E-state index < -0.39 is 5.60 Å². The number of nitriles is 1. The SMILES string of the molecule is CC(C)(C)OC(=O)N1CCN(c2ccc(C(=O)N[C@H]3C(C)(C)[C@H](Oc4ccc(C#N)c(Cl)c4)C3(C)C)cn2)CC1. The molecule has 2 fully saturated rings. The molecule has 1 saturated carbocycles. The predicted molar refractivity (Wildman–Crippen MR) is 154 cm³/mol. The van der Waals surface area contributed by atoms with Gasteiger partial charge in [0, 0.05) is 55.3 Å². The molecule has 2 amide bonds. The lowest BCUT2D eigenvalue weighted by molar-refractivity contribution is -0.164. The number of amides is 2. The van der Waals surface area contributed by atoms with Crippen molar-refractivity contribution in [2.24, 2.45) is 10.8 Å². The number of pyridine rings is 1. The van der Waals surface area contributed by atoms with Crippen LogP contribution in [0.25, 0.3) is 0 Å². The first-order valence-corrected chi connectivity index (χ1v) is 13.9. The minimum Gasteiger partial charge on any atom is -0.489 e. The van der Waals surface area contributed by atoms with Gasteiger partial charge in [0.15, 0.2) is 0 Å². The van der Waals surface area contributed by atoms with E-state index in [4.69, 9.17) is 26.3 Å². The van der Waals surface area contributed by atoms with E-state index in [2.05, 4.69) is 49.0 Å². The second kappa shape index (κ2) is 10.8. The Hall–Kier alpha value is -3.51. The van der Waals surface area contributed by atoms with Crippen molar-refractivity contribution in [2.45, 2.75) is 66.2 Å². The average Bonchev–Trinajstić information content (AvgIpc) is 2.89. The van der Waals surface area contributed by atoms with E-state index in [1.165, 1.54) is 0 Å². The van der Waals surface area contributed by atoms with Gasteiger partial charge in [0.05, 0.1) is 16.1 Å². The number of nitrogens with one attached hydrogen (secondary N) is 1. The first-order valence-electron chi connectivity index (χ1n) is 13.5. The summed E-state index contributed by atoms with van der Waals surface area (Å²) in [6, 6.07) is 10.6. The van der Waals surface area contributed by atoms with E-state index in [0.717, 1.165) is 5.82 Å². The zero-order valence-corrected chi connectivity index (χ0v) is 25.0. The summed E-state index contributed by atoms with van der Waals surface area (Å²) in [6.07, 6.45) is 1.10. The molecule has 10 heteroatoms. The molecule has 2 aliphatic rings. The second-order valence-corrected chi connectivity index (χ2v) is 13.1. The Labute approximate surface area is 241 Å². The number of piperazine rings is 1. The number of aromatic nitrogens is 1. The molecule has 2 aromatic rings. The molecule has 214 valence electrons. The molecule has 2 heterocycles. The molecular weight excluding hydrogens is 530 g/mol. The van der Waals surface area contributed by atoms with Crippen LogP contribution < -0.4 is 15.0 Å². The third-order valence-corrected chi connectivity index (χ3v) is 8.01. The van der Waals surface area contributed by atoms with Crippen LogP contribution >= 0.6 is 11.6 Å². The van der Waals surface area contributed by atoms with Crippen LogP contribution in [0.2, 0.25) is 5.02 Å². The van der Waals surface area contributed by atoms with Crippen LogP contribution in [0.5, 0.6) is 5.75 Å². The zero-order chi connectivity index (χ0) is 29.5. The van der Waals surface area contributed by atoms with Crippen LogP contribution in [-0.4, -0.2) is 65.8 Å². The smallest absolute Gasteiger partial charge is 0.410 e. The summed E-state index contributed by atoms with van der Waals surface area (Å²) in [6.45, 7) is 16.2. The van der Waals surface area contributed by atoms with Crippen molar-refractivity contribution >= 4 is 29.4 Å². The van der Waals surface area contributed by atoms with Gasteiger partial charge in [-0.1, -0.05) is 39.3 Å². The van der Waals surface area contributed by atoms with Gasteiger partial charge in [0.2, 0.25) is 0 Å². The number of hydrogen-bond donors (Lipinski definition) is 1. The summed E-state index contributed by atoms with van der Waals surface area (Å²) in [5.74, 6) is 1.16. The molecule has 0 atom stereocenters. The molecule has 1 aromatic heterocycles. The van der Waals surface area contributed by atoms with Crippen molar-refractivity contribution in [3.8, 4) is 11.8 Å². The number of anilines is 1. The van der Waals surface area contributed by atoms with Crippen molar-refractivity contribution in [3.63, 3.8) is 0 Å². The topological polar surface area (TPSA) is 108 Å². The highest BCUT2D eigenvalue weighted by molar-refractivity contribution is 6.31. The number of halogens is 1. The lowest BCUT2D eigenvalue weighted by atomic mass is 9.49. The molecule has 1 aromatic carbocycles. The van der Waals surface area contributed by atoms with Crippen molar-refractivity contribution in [3.05, 3.63) is 52.7 Å².